The van der Waals surface area contributed by atoms with Crippen LogP contribution >= 0.6 is 0 Å². The van der Waals surface area contributed by atoms with E-state index >= 15 is 0 Å². The number of carbonyl (C=O) groups is 4. The summed E-state index contributed by atoms with van der Waals surface area (Å²) in [4.78, 5) is 50.6. The minimum absolute atomic E-state index is 0.0867. The van der Waals surface area contributed by atoms with Crippen molar-refractivity contribution < 1.29 is 23.9 Å². The molecule has 1 aromatic carbocycles. The molecule has 8 nitrogen and oxygen atoms in total. The van der Waals surface area contributed by atoms with Crippen molar-refractivity contribution in [1.29, 1.82) is 0 Å². The van der Waals surface area contributed by atoms with Crippen LogP contribution in [0.1, 0.15) is 73.3 Å². The van der Waals surface area contributed by atoms with Gasteiger partial charge in [-0.05, 0) is 49.5 Å². The van der Waals surface area contributed by atoms with Crippen molar-refractivity contribution in [1.82, 2.24) is 16.0 Å². The molecule has 0 bridgehead atoms. The molecule has 0 aliphatic rings. The number of Topliss-reactive ketones (excluding diaryl/α,β-unsaturated/α-hetero) is 1. The summed E-state index contributed by atoms with van der Waals surface area (Å²) in [5.41, 5.74) is 0.836. The summed E-state index contributed by atoms with van der Waals surface area (Å²) in [7, 11) is 0. The summed E-state index contributed by atoms with van der Waals surface area (Å²) >= 11 is 0. The zero-order valence-electron chi connectivity index (χ0n) is 22.2. The molecule has 1 rings (SSSR count). The molecule has 0 aliphatic carbocycles. The van der Waals surface area contributed by atoms with E-state index in [1.165, 1.54) is 6.92 Å². The molecule has 0 heterocycles. The van der Waals surface area contributed by atoms with Crippen LogP contribution in [0, 0.1) is 17.8 Å². The summed E-state index contributed by atoms with van der Waals surface area (Å²) < 4.78 is 5.28. The summed E-state index contributed by atoms with van der Waals surface area (Å²) in [5, 5.41) is 8.24. The molecule has 0 spiro atoms. The van der Waals surface area contributed by atoms with Gasteiger partial charge in [-0.15, -0.1) is 0 Å². The molecule has 0 saturated carbocycles. The van der Waals surface area contributed by atoms with E-state index in [0.29, 0.717) is 19.3 Å². The molecule has 0 unspecified atom stereocenters. The van der Waals surface area contributed by atoms with Crippen LogP contribution in [0.5, 0.6) is 0 Å². The maximum atomic E-state index is 13.2. The Balaban J connectivity index is 2.88. The smallest absolute Gasteiger partial charge is 0.408 e. The minimum atomic E-state index is -0.861. The Bertz CT molecular complexity index is 823. The molecule has 3 N–H and O–H groups in total. The second kappa shape index (κ2) is 15.2. The maximum absolute atomic E-state index is 13.2. The Morgan fingerprint density at radius 3 is 1.57 bits per heavy atom. The zero-order valence-corrected chi connectivity index (χ0v) is 22.2. The Kier molecular flexibility index (Phi) is 13.1. The number of alkyl carbamates (subject to hydrolysis) is 1. The number of nitrogens with one attached hydrogen (secondary N) is 3. The molecule has 0 aliphatic heterocycles. The number of amides is 3. The van der Waals surface area contributed by atoms with E-state index in [2.05, 4.69) is 16.0 Å². The van der Waals surface area contributed by atoms with Crippen molar-refractivity contribution in [2.24, 2.45) is 17.8 Å². The van der Waals surface area contributed by atoms with Crippen LogP contribution in [0.15, 0.2) is 30.3 Å². The van der Waals surface area contributed by atoms with Gasteiger partial charge in [0.25, 0.3) is 0 Å². The summed E-state index contributed by atoms with van der Waals surface area (Å²) in [6.45, 7) is 13.3. The fraction of sp³-hybridized carbons (Fsp3) is 0.630. The van der Waals surface area contributed by atoms with Crippen molar-refractivity contribution in [3.8, 4) is 0 Å². The topological polar surface area (TPSA) is 114 Å². The number of ether oxygens (including phenoxy) is 1. The molecule has 0 aromatic heterocycles. The number of benzene rings is 1. The molecule has 3 atom stereocenters. The third-order valence-electron chi connectivity index (χ3n) is 5.38. The van der Waals surface area contributed by atoms with E-state index in [9.17, 15) is 19.2 Å². The lowest BCUT2D eigenvalue weighted by Gasteiger charge is -2.26. The fourth-order valence-corrected chi connectivity index (χ4v) is 3.66. The molecular weight excluding hydrogens is 446 g/mol. The van der Waals surface area contributed by atoms with Crippen LogP contribution in [0.2, 0.25) is 0 Å². The summed E-state index contributed by atoms with van der Waals surface area (Å²) in [5.74, 6) is -0.516. The van der Waals surface area contributed by atoms with Crippen molar-refractivity contribution in [2.75, 3.05) is 0 Å². The molecule has 0 saturated heterocycles. The SMILES string of the molecule is CC(=O)[C@H](CC(C)C)NC(=O)[C@H](CC(C)C)NC(=O)[C@H](CC(C)C)NC(=O)OCc1ccccc1. The van der Waals surface area contributed by atoms with Crippen molar-refractivity contribution >= 4 is 23.7 Å². The number of hydrogen-bond acceptors (Lipinski definition) is 5. The average Bonchev–Trinajstić information content (AvgIpc) is 2.76. The van der Waals surface area contributed by atoms with E-state index in [0.717, 1.165) is 5.56 Å². The van der Waals surface area contributed by atoms with Crippen LogP contribution in [-0.2, 0) is 25.7 Å². The Morgan fingerprint density at radius 1 is 0.686 bits per heavy atom. The quantitative estimate of drug-likeness (QED) is 0.366. The molecular formula is C27H43N3O5. The normalized spacial score (nSPS) is 13.8. The predicted octanol–water partition coefficient (Wildman–Crippen LogP) is 3.98. The number of ketones is 1. The van der Waals surface area contributed by atoms with Gasteiger partial charge in [0.15, 0.2) is 5.78 Å². The van der Waals surface area contributed by atoms with Gasteiger partial charge >= 0.3 is 6.09 Å². The second-order valence-corrected chi connectivity index (χ2v) is 10.4. The number of hydrogen-bond donors (Lipinski definition) is 3. The van der Waals surface area contributed by atoms with Crippen LogP contribution in [0.25, 0.3) is 0 Å². The lowest BCUT2D eigenvalue weighted by Crippen LogP contribution is -2.56. The lowest BCUT2D eigenvalue weighted by atomic mass is 9.98. The van der Waals surface area contributed by atoms with E-state index in [4.69, 9.17) is 4.74 Å². The molecule has 1 aromatic rings. The second-order valence-electron chi connectivity index (χ2n) is 10.4. The molecule has 3 amide bonds. The van der Waals surface area contributed by atoms with E-state index in [1.54, 1.807) is 0 Å². The highest BCUT2D eigenvalue weighted by molar-refractivity contribution is 5.93. The first-order valence-corrected chi connectivity index (χ1v) is 12.5. The van der Waals surface area contributed by atoms with Gasteiger partial charge in [0, 0.05) is 0 Å². The van der Waals surface area contributed by atoms with Crippen molar-refractivity contribution in [3.63, 3.8) is 0 Å². The highest BCUT2D eigenvalue weighted by Crippen LogP contribution is 2.11. The van der Waals surface area contributed by atoms with Gasteiger partial charge in [-0.2, -0.15) is 0 Å². The Morgan fingerprint density at radius 2 is 1.11 bits per heavy atom. The third-order valence-corrected chi connectivity index (χ3v) is 5.38. The van der Waals surface area contributed by atoms with E-state index < -0.39 is 36.0 Å². The third kappa shape index (κ3) is 12.4. The van der Waals surface area contributed by atoms with Gasteiger partial charge in [0.05, 0.1) is 6.04 Å². The average molecular weight is 490 g/mol. The minimum Gasteiger partial charge on any atom is -0.445 e. The zero-order chi connectivity index (χ0) is 26.5. The lowest BCUT2D eigenvalue weighted by molar-refractivity contribution is -0.132. The predicted molar refractivity (Wildman–Crippen MR) is 136 cm³/mol. The largest absolute Gasteiger partial charge is 0.445 e. The van der Waals surface area contributed by atoms with Crippen LogP contribution < -0.4 is 16.0 Å². The number of rotatable bonds is 14. The maximum Gasteiger partial charge on any atom is 0.408 e. The Labute approximate surface area is 210 Å². The van der Waals surface area contributed by atoms with Crippen molar-refractivity contribution in [2.45, 2.75) is 92.5 Å². The summed E-state index contributed by atoms with van der Waals surface area (Å²) in [6, 6.07) is 6.97. The van der Waals surface area contributed by atoms with Gasteiger partial charge in [-0.25, -0.2) is 4.79 Å². The van der Waals surface area contributed by atoms with Gasteiger partial charge in [-0.1, -0.05) is 71.9 Å². The van der Waals surface area contributed by atoms with Gasteiger partial charge in [0.2, 0.25) is 11.8 Å². The highest BCUT2D eigenvalue weighted by atomic mass is 16.5. The van der Waals surface area contributed by atoms with E-state index in [1.807, 2.05) is 71.9 Å². The van der Waals surface area contributed by atoms with Gasteiger partial charge in [-0.3, -0.25) is 14.4 Å². The van der Waals surface area contributed by atoms with Crippen LogP contribution in [0.3, 0.4) is 0 Å². The standard InChI is InChI=1S/C27H43N3O5/c1-17(2)13-22(20(7)31)28-25(32)23(14-18(3)4)29-26(33)24(15-19(5)6)30-27(34)35-16-21-11-9-8-10-12-21/h8-12,17-19,22-24H,13-16H2,1-7H3,(H,28,32)(H,29,33)(H,30,34)/t22-,23-,24-/m0/s1. The Hall–Kier alpha value is -2.90. The molecule has 0 fully saturated rings. The van der Waals surface area contributed by atoms with Gasteiger partial charge < -0.3 is 20.7 Å². The van der Waals surface area contributed by atoms with Crippen molar-refractivity contribution in [3.05, 3.63) is 35.9 Å². The monoisotopic (exact) mass is 489 g/mol. The molecule has 35 heavy (non-hydrogen) atoms. The van der Waals surface area contributed by atoms with Crippen LogP contribution in [0.4, 0.5) is 4.79 Å². The number of carbonyl (C=O) groups excluding carboxylic acids is 4. The molecule has 196 valence electrons. The first-order chi connectivity index (χ1) is 16.4. The molecule has 8 heteroatoms. The van der Waals surface area contributed by atoms with E-state index in [-0.39, 0.29) is 30.1 Å². The summed E-state index contributed by atoms with van der Waals surface area (Å²) in [6.07, 6.45) is 0.601. The first-order valence-electron chi connectivity index (χ1n) is 12.5. The van der Waals surface area contributed by atoms with Crippen LogP contribution in [-0.4, -0.2) is 41.8 Å². The fourth-order valence-electron chi connectivity index (χ4n) is 3.66. The highest BCUT2D eigenvalue weighted by Gasteiger charge is 2.30. The first kappa shape index (κ1) is 30.1. The van der Waals surface area contributed by atoms with Gasteiger partial charge in [0.1, 0.15) is 18.7 Å². The molecule has 0 radical (unpaired) electrons.